The molecule has 1 heterocycles. The summed E-state index contributed by atoms with van der Waals surface area (Å²) in [5.74, 6) is -0.262. The molecular weight excluding hydrogens is 340 g/mol. The van der Waals surface area contributed by atoms with Crippen LogP contribution in [0.3, 0.4) is 0 Å². The van der Waals surface area contributed by atoms with Gasteiger partial charge in [-0.05, 0) is 57.7 Å². The molecule has 0 saturated carbocycles. The first kappa shape index (κ1) is 19.9. The molecular formula is C18H28N2O4S. The van der Waals surface area contributed by atoms with E-state index in [2.05, 4.69) is 5.32 Å². The fourth-order valence-electron chi connectivity index (χ4n) is 2.78. The molecule has 1 fully saturated rings. The highest BCUT2D eigenvalue weighted by molar-refractivity contribution is 7.89. The first-order valence-corrected chi connectivity index (χ1v) is 10.3. The molecule has 2 rings (SSSR count). The van der Waals surface area contributed by atoms with Gasteiger partial charge in [0.2, 0.25) is 10.0 Å². The van der Waals surface area contributed by atoms with E-state index >= 15 is 0 Å². The highest BCUT2D eigenvalue weighted by atomic mass is 32.2. The van der Waals surface area contributed by atoms with Gasteiger partial charge in [-0.3, -0.25) is 4.79 Å². The zero-order valence-corrected chi connectivity index (χ0v) is 16.1. The fourth-order valence-corrected chi connectivity index (χ4v) is 4.55. The van der Waals surface area contributed by atoms with Crippen LogP contribution in [0.5, 0.6) is 0 Å². The van der Waals surface area contributed by atoms with Crippen LogP contribution in [0.2, 0.25) is 0 Å². The van der Waals surface area contributed by atoms with Gasteiger partial charge >= 0.3 is 0 Å². The summed E-state index contributed by atoms with van der Waals surface area (Å²) in [7, 11) is -3.53. The number of aryl methyl sites for hydroxylation is 1. The van der Waals surface area contributed by atoms with Crippen LogP contribution in [0.25, 0.3) is 0 Å². The summed E-state index contributed by atoms with van der Waals surface area (Å²) in [6.45, 7) is 7.87. The molecule has 0 aromatic heterocycles. The molecule has 1 saturated heterocycles. The van der Waals surface area contributed by atoms with Crippen molar-refractivity contribution < 1.29 is 17.9 Å². The standard InChI is InChI=1S/C18H28N2O4S/c1-14(2)24-12-6-9-19-18(21)16-8-7-15(3)17(13-16)25(22,23)20-10-4-5-11-20/h7-8,13-14H,4-6,9-12H2,1-3H3,(H,19,21). The molecule has 1 N–H and O–H groups in total. The molecule has 1 amide bonds. The average molecular weight is 368 g/mol. The molecule has 0 unspecified atom stereocenters. The predicted octanol–water partition coefficient (Wildman–Crippen LogP) is 2.32. The maximum absolute atomic E-state index is 12.8. The largest absolute Gasteiger partial charge is 0.379 e. The van der Waals surface area contributed by atoms with E-state index in [9.17, 15) is 13.2 Å². The molecule has 0 radical (unpaired) electrons. The van der Waals surface area contributed by atoms with Crippen molar-refractivity contribution in [2.45, 2.75) is 51.0 Å². The Balaban J connectivity index is 2.04. The third-order valence-electron chi connectivity index (χ3n) is 4.19. The van der Waals surface area contributed by atoms with E-state index in [4.69, 9.17) is 4.74 Å². The van der Waals surface area contributed by atoms with Crippen LogP contribution < -0.4 is 5.32 Å². The molecule has 0 aliphatic carbocycles. The van der Waals surface area contributed by atoms with Gasteiger partial charge in [0.15, 0.2) is 0 Å². The molecule has 7 heteroatoms. The minimum absolute atomic E-state index is 0.172. The maximum Gasteiger partial charge on any atom is 0.251 e. The second kappa shape index (κ2) is 8.78. The van der Waals surface area contributed by atoms with Crippen molar-refractivity contribution in [2.75, 3.05) is 26.2 Å². The van der Waals surface area contributed by atoms with Crippen molar-refractivity contribution in [3.05, 3.63) is 29.3 Å². The fraction of sp³-hybridized carbons (Fsp3) is 0.611. The van der Waals surface area contributed by atoms with Crippen LogP contribution in [0, 0.1) is 6.92 Å². The number of amides is 1. The van der Waals surface area contributed by atoms with Gasteiger partial charge < -0.3 is 10.1 Å². The Hall–Kier alpha value is -1.44. The average Bonchev–Trinajstić information content (AvgIpc) is 3.09. The van der Waals surface area contributed by atoms with Gasteiger partial charge in [0.1, 0.15) is 0 Å². The zero-order valence-electron chi connectivity index (χ0n) is 15.2. The molecule has 6 nitrogen and oxygen atoms in total. The van der Waals surface area contributed by atoms with E-state index in [-0.39, 0.29) is 16.9 Å². The Morgan fingerprint density at radius 2 is 1.96 bits per heavy atom. The van der Waals surface area contributed by atoms with Gasteiger partial charge in [-0.2, -0.15) is 4.31 Å². The summed E-state index contributed by atoms with van der Waals surface area (Å²) in [6, 6.07) is 4.85. The highest BCUT2D eigenvalue weighted by Gasteiger charge is 2.29. The van der Waals surface area contributed by atoms with E-state index in [1.165, 1.54) is 10.4 Å². The lowest BCUT2D eigenvalue weighted by Gasteiger charge is -2.18. The first-order chi connectivity index (χ1) is 11.8. The molecule has 0 spiro atoms. The number of sulfonamides is 1. The van der Waals surface area contributed by atoms with Crippen LogP contribution in [-0.4, -0.2) is 51.0 Å². The second-order valence-electron chi connectivity index (χ2n) is 6.62. The minimum Gasteiger partial charge on any atom is -0.379 e. The Bertz CT molecular complexity index is 695. The van der Waals surface area contributed by atoms with Gasteiger partial charge in [-0.25, -0.2) is 8.42 Å². The summed E-state index contributed by atoms with van der Waals surface area (Å²) >= 11 is 0. The van der Waals surface area contributed by atoms with Crippen molar-refractivity contribution in [1.82, 2.24) is 9.62 Å². The number of nitrogens with one attached hydrogen (secondary N) is 1. The van der Waals surface area contributed by atoms with Crippen LogP contribution in [0.4, 0.5) is 0 Å². The number of carbonyl (C=O) groups is 1. The third kappa shape index (κ3) is 5.26. The van der Waals surface area contributed by atoms with Crippen molar-refractivity contribution >= 4 is 15.9 Å². The van der Waals surface area contributed by atoms with Crippen LogP contribution in [0.1, 0.15) is 49.0 Å². The zero-order chi connectivity index (χ0) is 18.4. The van der Waals surface area contributed by atoms with Crippen LogP contribution >= 0.6 is 0 Å². The van der Waals surface area contributed by atoms with Crippen molar-refractivity contribution in [1.29, 1.82) is 0 Å². The molecule has 0 bridgehead atoms. The highest BCUT2D eigenvalue weighted by Crippen LogP contribution is 2.24. The molecule has 1 aromatic carbocycles. The second-order valence-corrected chi connectivity index (χ2v) is 8.53. The van der Waals surface area contributed by atoms with Crippen LogP contribution in [-0.2, 0) is 14.8 Å². The molecule has 0 atom stereocenters. The van der Waals surface area contributed by atoms with Gasteiger partial charge in [-0.15, -0.1) is 0 Å². The smallest absolute Gasteiger partial charge is 0.251 e. The lowest BCUT2D eigenvalue weighted by molar-refractivity contribution is 0.0757. The Morgan fingerprint density at radius 3 is 2.60 bits per heavy atom. The van der Waals surface area contributed by atoms with Gasteiger partial charge in [-0.1, -0.05) is 6.07 Å². The number of hydrogen-bond acceptors (Lipinski definition) is 4. The van der Waals surface area contributed by atoms with Crippen molar-refractivity contribution in [3.8, 4) is 0 Å². The number of benzene rings is 1. The summed E-state index contributed by atoms with van der Waals surface area (Å²) in [4.78, 5) is 12.5. The summed E-state index contributed by atoms with van der Waals surface area (Å²) < 4.78 is 32.5. The number of hydrogen-bond donors (Lipinski definition) is 1. The van der Waals surface area contributed by atoms with Gasteiger partial charge in [0.25, 0.3) is 5.91 Å². The van der Waals surface area contributed by atoms with Crippen molar-refractivity contribution in [2.24, 2.45) is 0 Å². The Labute approximate surface area is 150 Å². The topological polar surface area (TPSA) is 75.7 Å². The van der Waals surface area contributed by atoms with E-state index in [0.717, 1.165) is 12.8 Å². The predicted molar refractivity (Wildman–Crippen MR) is 97.2 cm³/mol. The molecule has 140 valence electrons. The van der Waals surface area contributed by atoms with E-state index in [1.54, 1.807) is 19.1 Å². The Morgan fingerprint density at radius 1 is 1.28 bits per heavy atom. The lowest BCUT2D eigenvalue weighted by atomic mass is 10.1. The summed E-state index contributed by atoms with van der Waals surface area (Å²) in [5.41, 5.74) is 1.03. The lowest BCUT2D eigenvalue weighted by Crippen LogP contribution is -2.29. The number of ether oxygens (including phenoxy) is 1. The third-order valence-corrected chi connectivity index (χ3v) is 6.23. The Kier molecular flexibility index (Phi) is 6.98. The maximum atomic E-state index is 12.8. The van der Waals surface area contributed by atoms with E-state index < -0.39 is 10.0 Å². The molecule has 1 aromatic rings. The van der Waals surface area contributed by atoms with E-state index in [0.29, 0.717) is 43.8 Å². The van der Waals surface area contributed by atoms with Crippen molar-refractivity contribution in [3.63, 3.8) is 0 Å². The number of rotatable bonds is 8. The molecule has 1 aliphatic heterocycles. The van der Waals surface area contributed by atoms with Gasteiger partial charge in [0.05, 0.1) is 11.0 Å². The monoisotopic (exact) mass is 368 g/mol. The number of nitrogens with zero attached hydrogens (tertiary/aromatic N) is 1. The first-order valence-electron chi connectivity index (χ1n) is 8.83. The van der Waals surface area contributed by atoms with Crippen LogP contribution in [0.15, 0.2) is 23.1 Å². The SMILES string of the molecule is Cc1ccc(C(=O)NCCCOC(C)C)cc1S(=O)(=O)N1CCCC1. The summed E-state index contributed by atoms with van der Waals surface area (Å²) in [6.07, 6.45) is 2.66. The minimum atomic E-state index is -3.53. The normalized spacial score (nSPS) is 15.7. The van der Waals surface area contributed by atoms with E-state index in [1.807, 2.05) is 13.8 Å². The van der Waals surface area contributed by atoms with Gasteiger partial charge in [0, 0.05) is 31.8 Å². The molecule has 1 aliphatic rings. The number of carbonyl (C=O) groups excluding carboxylic acids is 1. The summed E-state index contributed by atoms with van der Waals surface area (Å²) in [5, 5.41) is 2.81. The quantitative estimate of drug-likeness (QED) is 0.715. The molecule has 25 heavy (non-hydrogen) atoms.